The summed E-state index contributed by atoms with van der Waals surface area (Å²) in [7, 11) is -3.29. The summed E-state index contributed by atoms with van der Waals surface area (Å²) in [6, 6.07) is 16.2. The van der Waals surface area contributed by atoms with Crippen LogP contribution in [0, 0.1) is 0 Å². The fourth-order valence-electron chi connectivity index (χ4n) is 2.99. The van der Waals surface area contributed by atoms with Gasteiger partial charge in [0, 0.05) is 11.9 Å². The maximum atomic E-state index is 12.8. The summed E-state index contributed by atoms with van der Waals surface area (Å²) >= 11 is 0. The molecule has 1 saturated carbocycles. The van der Waals surface area contributed by atoms with Gasteiger partial charge in [0.25, 0.3) is 0 Å². The lowest BCUT2D eigenvalue weighted by Crippen LogP contribution is -2.45. The van der Waals surface area contributed by atoms with Crippen LogP contribution in [0.2, 0.25) is 0 Å². The number of carbonyl (C=O) groups is 1. The Bertz CT molecular complexity index is 824. The summed E-state index contributed by atoms with van der Waals surface area (Å²) in [4.78, 5) is 13.0. The maximum absolute atomic E-state index is 12.8. The van der Waals surface area contributed by atoms with Crippen LogP contribution in [0.3, 0.4) is 0 Å². The van der Waals surface area contributed by atoms with E-state index in [-0.39, 0.29) is 10.8 Å². The molecule has 1 aliphatic carbocycles. The monoisotopic (exact) mass is 329 g/mol. The molecule has 0 bridgehead atoms. The number of amides is 1. The van der Waals surface area contributed by atoms with Crippen molar-refractivity contribution in [3.05, 3.63) is 60.2 Å². The Kier molecular flexibility index (Phi) is 3.98. The molecule has 3 rings (SSSR count). The maximum Gasteiger partial charge on any atom is 0.235 e. The molecule has 4 nitrogen and oxygen atoms in total. The molecule has 0 atom stereocenters. The Morgan fingerprint density at radius 1 is 1.04 bits per heavy atom. The van der Waals surface area contributed by atoms with E-state index in [4.69, 9.17) is 0 Å². The van der Waals surface area contributed by atoms with E-state index in [1.165, 1.54) is 12.1 Å². The first-order chi connectivity index (χ1) is 10.9. The molecule has 2 aromatic rings. The van der Waals surface area contributed by atoms with Gasteiger partial charge in [0.15, 0.2) is 9.84 Å². The molecule has 0 heterocycles. The van der Waals surface area contributed by atoms with Gasteiger partial charge in [0.2, 0.25) is 5.91 Å². The van der Waals surface area contributed by atoms with Gasteiger partial charge in [-0.15, -0.1) is 0 Å². The lowest BCUT2D eigenvalue weighted by atomic mass is 9.64. The Balaban J connectivity index is 1.87. The molecule has 0 radical (unpaired) electrons. The number of nitrogens with one attached hydrogen (secondary N) is 1. The van der Waals surface area contributed by atoms with Gasteiger partial charge in [-0.25, -0.2) is 8.42 Å². The number of benzene rings is 2. The van der Waals surface area contributed by atoms with E-state index in [1.807, 2.05) is 30.3 Å². The van der Waals surface area contributed by atoms with Crippen LogP contribution in [0.4, 0.5) is 5.69 Å². The molecule has 0 unspecified atom stereocenters. The predicted octanol–water partition coefficient (Wildman–Crippen LogP) is 3.15. The van der Waals surface area contributed by atoms with Crippen molar-refractivity contribution in [1.82, 2.24) is 0 Å². The van der Waals surface area contributed by atoms with Gasteiger partial charge >= 0.3 is 0 Å². The van der Waals surface area contributed by atoms with Gasteiger partial charge in [-0.05, 0) is 36.6 Å². The van der Waals surface area contributed by atoms with Gasteiger partial charge in [-0.1, -0.05) is 42.8 Å². The summed E-state index contributed by atoms with van der Waals surface area (Å²) in [5, 5.41) is 2.89. The minimum absolute atomic E-state index is 0.0689. The highest BCUT2D eigenvalue weighted by atomic mass is 32.2. The summed E-state index contributed by atoms with van der Waals surface area (Å²) in [6.07, 6.45) is 3.81. The number of sulfone groups is 1. The van der Waals surface area contributed by atoms with Gasteiger partial charge in [-0.2, -0.15) is 0 Å². The minimum atomic E-state index is -3.29. The first kappa shape index (κ1) is 15.7. The first-order valence-electron chi connectivity index (χ1n) is 7.59. The largest absolute Gasteiger partial charge is 0.325 e. The zero-order valence-corrected chi connectivity index (χ0v) is 13.8. The Morgan fingerprint density at radius 3 is 2.30 bits per heavy atom. The van der Waals surface area contributed by atoms with Crippen molar-refractivity contribution < 1.29 is 13.2 Å². The van der Waals surface area contributed by atoms with Crippen LogP contribution in [-0.2, 0) is 20.0 Å². The SMILES string of the molecule is CS(=O)(=O)c1cccc(NC(=O)C2(c3ccccc3)CCC2)c1. The molecule has 5 heteroatoms. The Hall–Kier alpha value is -2.14. The topological polar surface area (TPSA) is 63.2 Å². The molecule has 0 aromatic heterocycles. The second kappa shape index (κ2) is 5.81. The van der Waals surface area contributed by atoms with Crippen LogP contribution >= 0.6 is 0 Å². The number of rotatable bonds is 4. The van der Waals surface area contributed by atoms with Crippen LogP contribution < -0.4 is 5.32 Å². The second-order valence-corrected chi connectivity index (χ2v) is 8.07. The average Bonchev–Trinajstić information content (AvgIpc) is 2.46. The normalized spacial score (nSPS) is 16.4. The number of hydrogen-bond acceptors (Lipinski definition) is 3. The van der Waals surface area contributed by atoms with Crippen molar-refractivity contribution in [3.8, 4) is 0 Å². The first-order valence-corrected chi connectivity index (χ1v) is 9.48. The van der Waals surface area contributed by atoms with Crippen LogP contribution in [0.25, 0.3) is 0 Å². The van der Waals surface area contributed by atoms with Crippen LogP contribution in [0.15, 0.2) is 59.5 Å². The molecule has 0 spiro atoms. The molecule has 2 aromatic carbocycles. The fourth-order valence-corrected chi connectivity index (χ4v) is 3.66. The second-order valence-electron chi connectivity index (χ2n) is 6.06. The number of hydrogen-bond donors (Lipinski definition) is 1. The standard InChI is InChI=1S/C18H19NO3S/c1-23(21,22)16-10-5-9-15(13-16)19-17(20)18(11-6-12-18)14-7-3-2-4-8-14/h2-5,7-10,13H,6,11-12H2,1H3,(H,19,20). The molecule has 0 saturated heterocycles. The zero-order chi connectivity index (χ0) is 16.5. The highest BCUT2D eigenvalue weighted by Crippen LogP contribution is 2.44. The van der Waals surface area contributed by atoms with Gasteiger partial charge in [-0.3, -0.25) is 4.79 Å². The van der Waals surface area contributed by atoms with Gasteiger partial charge < -0.3 is 5.32 Å². The third-order valence-corrected chi connectivity index (χ3v) is 5.60. The van der Waals surface area contributed by atoms with E-state index in [1.54, 1.807) is 12.1 Å². The van der Waals surface area contributed by atoms with Crippen molar-refractivity contribution in [2.45, 2.75) is 29.6 Å². The zero-order valence-electron chi connectivity index (χ0n) is 13.0. The van der Waals surface area contributed by atoms with Crippen molar-refractivity contribution >= 4 is 21.4 Å². The van der Waals surface area contributed by atoms with Crippen LogP contribution in [-0.4, -0.2) is 20.6 Å². The fraction of sp³-hybridized carbons (Fsp3) is 0.278. The Morgan fingerprint density at radius 2 is 1.74 bits per heavy atom. The lowest BCUT2D eigenvalue weighted by molar-refractivity contribution is -0.124. The molecular formula is C18H19NO3S. The highest BCUT2D eigenvalue weighted by Gasteiger charge is 2.45. The number of carbonyl (C=O) groups excluding carboxylic acids is 1. The molecule has 120 valence electrons. The average molecular weight is 329 g/mol. The number of anilines is 1. The summed E-state index contributed by atoms with van der Waals surface area (Å²) in [5.74, 6) is -0.0689. The molecule has 0 aliphatic heterocycles. The van der Waals surface area contributed by atoms with E-state index >= 15 is 0 Å². The quantitative estimate of drug-likeness (QED) is 0.937. The summed E-state index contributed by atoms with van der Waals surface area (Å²) in [6.45, 7) is 0. The van der Waals surface area contributed by atoms with E-state index < -0.39 is 15.3 Å². The smallest absolute Gasteiger partial charge is 0.235 e. The summed E-state index contributed by atoms with van der Waals surface area (Å²) < 4.78 is 23.3. The molecule has 1 aliphatic rings. The molecule has 1 amide bonds. The van der Waals surface area contributed by atoms with Gasteiger partial charge in [0.05, 0.1) is 10.3 Å². The molecule has 1 fully saturated rings. The van der Waals surface area contributed by atoms with Crippen LogP contribution in [0.5, 0.6) is 0 Å². The minimum Gasteiger partial charge on any atom is -0.325 e. The molecule has 23 heavy (non-hydrogen) atoms. The van der Waals surface area contributed by atoms with Crippen molar-refractivity contribution in [2.75, 3.05) is 11.6 Å². The molecule has 1 N–H and O–H groups in total. The van der Waals surface area contributed by atoms with Gasteiger partial charge in [0.1, 0.15) is 0 Å². The Labute approximate surface area is 136 Å². The van der Waals surface area contributed by atoms with E-state index in [0.717, 1.165) is 31.1 Å². The molecular weight excluding hydrogens is 310 g/mol. The van der Waals surface area contributed by atoms with E-state index in [0.29, 0.717) is 5.69 Å². The van der Waals surface area contributed by atoms with Crippen LogP contribution in [0.1, 0.15) is 24.8 Å². The van der Waals surface area contributed by atoms with E-state index in [9.17, 15) is 13.2 Å². The third kappa shape index (κ3) is 3.01. The van der Waals surface area contributed by atoms with Crippen molar-refractivity contribution in [3.63, 3.8) is 0 Å². The lowest BCUT2D eigenvalue weighted by Gasteiger charge is -2.40. The third-order valence-electron chi connectivity index (χ3n) is 4.49. The highest BCUT2D eigenvalue weighted by molar-refractivity contribution is 7.90. The van der Waals surface area contributed by atoms with Crippen molar-refractivity contribution in [2.24, 2.45) is 0 Å². The summed E-state index contributed by atoms with van der Waals surface area (Å²) in [5.41, 5.74) is 1.03. The van der Waals surface area contributed by atoms with Crippen molar-refractivity contribution in [1.29, 1.82) is 0 Å². The van der Waals surface area contributed by atoms with E-state index in [2.05, 4.69) is 5.32 Å². The predicted molar refractivity (Wildman–Crippen MR) is 90.2 cm³/mol.